The number of aromatic nitrogens is 2. The van der Waals surface area contributed by atoms with Gasteiger partial charge < -0.3 is 9.52 Å². The first-order valence-electron chi connectivity index (χ1n) is 5.87. The summed E-state index contributed by atoms with van der Waals surface area (Å²) in [4.78, 5) is 29.9. The van der Waals surface area contributed by atoms with Gasteiger partial charge in [-0.1, -0.05) is 0 Å². The Balaban J connectivity index is 2.47. The summed E-state index contributed by atoms with van der Waals surface area (Å²) in [5.41, 5.74) is -0.575. The van der Waals surface area contributed by atoms with E-state index in [1.165, 1.54) is 18.4 Å². The summed E-state index contributed by atoms with van der Waals surface area (Å²) in [5, 5.41) is 8.96. The van der Waals surface area contributed by atoms with E-state index in [0.717, 1.165) is 6.20 Å². The predicted molar refractivity (Wildman–Crippen MR) is 72.6 cm³/mol. The second-order valence-electron chi connectivity index (χ2n) is 4.14. The first kappa shape index (κ1) is 16.9. The molecule has 0 unspecified atom stereocenters. The number of halogens is 4. The summed E-state index contributed by atoms with van der Waals surface area (Å²) in [5.74, 6) is -4.39. The summed E-state index contributed by atoms with van der Waals surface area (Å²) in [6.07, 6.45) is -3.02. The number of alkyl halides is 3. The van der Waals surface area contributed by atoms with Crippen molar-refractivity contribution in [3.63, 3.8) is 0 Å². The highest BCUT2D eigenvalue weighted by Crippen LogP contribution is 2.25. The molecule has 122 valence electrons. The monoisotopic (exact) mass is 393 g/mol. The third kappa shape index (κ3) is 3.86. The van der Waals surface area contributed by atoms with Gasteiger partial charge in [0.05, 0.1) is 17.3 Å². The molecule has 0 aliphatic rings. The summed E-state index contributed by atoms with van der Waals surface area (Å²) in [6, 6.07) is 2.78. The molecule has 1 amide bonds. The van der Waals surface area contributed by atoms with Crippen LogP contribution in [-0.2, 0) is 11.3 Å². The van der Waals surface area contributed by atoms with Crippen LogP contribution in [0.3, 0.4) is 0 Å². The number of carbonyl (C=O) groups excluding carboxylic acids is 1. The van der Waals surface area contributed by atoms with Crippen LogP contribution in [0.1, 0.15) is 16.2 Å². The Labute approximate surface area is 134 Å². The number of carboxylic acid groups (broad SMARTS) is 1. The molecule has 0 fully saturated rings. The highest BCUT2D eigenvalue weighted by Gasteiger charge is 2.44. The van der Waals surface area contributed by atoms with Crippen LogP contribution in [0, 0.1) is 0 Å². The van der Waals surface area contributed by atoms with Gasteiger partial charge in [-0.2, -0.15) is 13.2 Å². The molecule has 0 aliphatic carbocycles. The third-order valence-corrected chi connectivity index (χ3v) is 3.14. The summed E-state index contributed by atoms with van der Waals surface area (Å²) < 4.78 is 43.1. The van der Waals surface area contributed by atoms with Gasteiger partial charge in [-0.25, -0.2) is 14.8 Å². The van der Waals surface area contributed by atoms with Crippen LogP contribution in [0.15, 0.2) is 33.5 Å². The van der Waals surface area contributed by atoms with Gasteiger partial charge in [-0.3, -0.25) is 9.69 Å². The lowest BCUT2D eigenvalue weighted by Crippen LogP contribution is -2.41. The number of anilines is 1. The van der Waals surface area contributed by atoms with Gasteiger partial charge in [0.1, 0.15) is 5.76 Å². The molecular weight excluding hydrogens is 387 g/mol. The number of aromatic carboxylic acids is 1. The lowest BCUT2D eigenvalue weighted by atomic mass is 10.3. The molecule has 23 heavy (non-hydrogen) atoms. The molecule has 11 heteroatoms. The van der Waals surface area contributed by atoms with Crippen molar-refractivity contribution in [3.8, 4) is 0 Å². The first-order valence-corrected chi connectivity index (χ1v) is 6.66. The van der Waals surface area contributed by atoms with E-state index in [1.54, 1.807) is 0 Å². The van der Waals surface area contributed by atoms with Crippen LogP contribution in [0.4, 0.5) is 19.1 Å². The Hall–Kier alpha value is -2.43. The maximum atomic E-state index is 12.7. The topological polar surface area (TPSA) is 96.5 Å². The van der Waals surface area contributed by atoms with Crippen molar-refractivity contribution >= 4 is 33.8 Å². The maximum absolute atomic E-state index is 12.7. The minimum absolute atomic E-state index is 0.0360. The van der Waals surface area contributed by atoms with E-state index >= 15 is 0 Å². The van der Waals surface area contributed by atoms with Crippen molar-refractivity contribution in [2.45, 2.75) is 12.7 Å². The number of hydrogen-bond acceptors (Lipinski definition) is 5. The number of rotatable bonds is 4. The van der Waals surface area contributed by atoms with E-state index < -0.39 is 36.2 Å². The van der Waals surface area contributed by atoms with Crippen molar-refractivity contribution in [3.05, 3.63) is 40.5 Å². The van der Waals surface area contributed by atoms with Crippen molar-refractivity contribution in [1.29, 1.82) is 0 Å². The molecule has 2 aromatic heterocycles. The van der Waals surface area contributed by atoms with Gasteiger partial charge in [0.15, 0.2) is 5.69 Å². The van der Waals surface area contributed by atoms with E-state index in [9.17, 15) is 22.8 Å². The number of furan rings is 1. The minimum Gasteiger partial charge on any atom is -0.476 e. The highest BCUT2D eigenvalue weighted by molar-refractivity contribution is 9.10. The lowest BCUT2D eigenvalue weighted by molar-refractivity contribution is -0.170. The van der Waals surface area contributed by atoms with E-state index in [0.29, 0.717) is 0 Å². The quantitative estimate of drug-likeness (QED) is 0.857. The zero-order valence-electron chi connectivity index (χ0n) is 11.0. The van der Waals surface area contributed by atoms with Crippen molar-refractivity contribution in [1.82, 2.24) is 9.97 Å². The molecule has 0 aromatic carbocycles. The van der Waals surface area contributed by atoms with Crippen LogP contribution in [-0.4, -0.2) is 33.1 Å². The average molecular weight is 394 g/mol. The second-order valence-corrected chi connectivity index (χ2v) is 4.99. The molecule has 2 aromatic rings. The Bertz CT molecular complexity index is 734. The summed E-state index contributed by atoms with van der Waals surface area (Å²) in [6.45, 7) is -0.605. The number of carboxylic acids is 1. The van der Waals surface area contributed by atoms with Gasteiger partial charge in [0.25, 0.3) is 0 Å². The molecule has 1 N–H and O–H groups in total. The SMILES string of the molecule is O=C(O)c1nc(N(Cc2ccco2)C(=O)C(F)(F)F)ncc1Br. The average Bonchev–Trinajstić information content (AvgIpc) is 2.96. The largest absolute Gasteiger partial charge is 0.476 e. The fourth-order valence-electron chi connectivity index (χ4n) is 1.58. The van der Waals surface area contributed by atoms with Crippen LogP contribution < -0.4 is 4.90 Å². The van der Waals surface area contributed by atoms with Crippen LogP contribution >= 0.6 is 15.9 Å². The molecule has 0 atom stereocenters. The van der Waals surface area contributed by atoms with E-state index in [1.807, 2.05) is 0 Å². The molecular formula is C12H7BrF3N3O4. The van der Waals surface area contributed by atoms with E-state index in [-0.39, 0.29) is 15.1 Å². The smallest absolute Gasteiger partial charge is 0.471 e. The van der Waals surface area contributed by atoms with Crippen LogP contribution in [0.5, 0.6) is 0 Å². The first-order chi connectivity index (χ1) is 10.7. The van der Waals surface area contributed by atoms with Crippen LogP contribution in [0.25, 0.3) is 0 Å². The fourth-order valence-corrected chi connectivity index (χ4v) is 1.94. The van der Waals surface area contributed by atoms with Crippen molar-refractivity contribution in [2.75, 3.05) is 4.90 Å². The molecule has 0 bridgehead atoms. The number of nitrogens with zero attached hydrogens (tertiary/aromatic N) is 3. The van der Waals surface area contributed by atoms with E-state index in [2.05, 4.69) is 25.9 Å². The predicted octanol–water partition coefficient (Wildman–Crippen LogP) is 2.63. The Morgan fingerprint density at radius 1 is 1.39 bits per heavy atom. The lowest BCUT2D eigenvalue weighted by Gasteiger charge is -2.21. The standard InChI is InChI=1S/C12H7BrF3N3O4/c13-7-4-17-11(18-8(7)9(20)21)19(10(22)12(14,15)16)5-6-2-1-3-23-6/h1-4H,5H2,(H,20,21). The maximum Gasteiger partial charge on any atom is 0.471 e. The van der Waals surface area contributed by atoms with Gasteiger partial charge >= 0.3 is 18.1 Å². The van der Waals surface area contributed by atoms with Gasteiger partial charge in [0, 0.05) is 6.20 Å². The third-order valence-electron chi connectivity index (χ3n) is 2.56. The minimum atomic E-state index is -5.19. The highest BCUT2D eigenvalue weighted by atomic mass is 79.9. The Kier molecular flexibility index (Phi) is 4.68. The zero-order valence-corrected chi connectivity index (χ0v) is 12.6. The summed E-state index contributed by atoms with van der Waals surface area (Å²) >= 11 is 2.87. The molecule has 2 rings (SSSR count). The fraction of sp³-hybridized carbons (Fsp3) is 0.167. The number of hydrogen-bond donors (Lipinski definition) is 1. The molecule has 2 heterocycles. The Morgan fingerprint density at radius 2 is 2.09 bits per heavy atom. The number of carbonyl (C=O) groups is 2. The molecule has 0 spiro atoms. The van der Waals surface area contributed by atoms with Gasteiger partial charge in [0.2, 0.25) is 5.95 Å². The molecule has 0 radical (unpaired) electrons. The number of amides is 1. The molecule has 0 saturated heterocycles. The van der Waals surface area contributed by atoms with E-state index in [4.69, 9.17) is 9.52 Å². The molecule has 0 aliphatic heterocycles. The Morgan fingerprint density at radius 3 is 2.61 bits per heavy atom. The molecule has 0 saturated carbocycles. The summed E-state index contributed by atoms with van der Waals surface area (Å²) in [7, 11) is 0. The zero-order chi connectivity index (χ0) is 17.2. The van der Waals surface area contributed by atoms with Crippen molar-refractivity contribution in [2.24, 2.45) is 0 Å². The van der Waals surface area contributed by atoms with Gasteiger partial charge in [-0.15, -0.1) is 0 Å². The van der Waals surface area contributed by atoms with Gasteiger partial charge in [-0.05, 0) is 28.1 Å². The normalized spacial score (nSPS) is 11.3. The second kappa shape index (κ2) is 6.36. The molecule has 7 nitrogen and oxygen atoms in total. The van der Waals surface area contributed by atoms with Crippen molar-refractivity contribution < 1.29 is 32.3 Å². The van der Waals surface area contributed by atoms with Crippen LogP contribution in [0.2, 0.25) is 0 Å².